The molecule has 0 saturated carbocycles. The van der Waals surface area contributed by atoms with Crippen LogP contribution in [0, 0.1) is 5.92 Å². The molecule has 0 atom stereocenters. The van der Waals surface area contributed by atoms with Crippen LogP contribution in [0.15, 0.2) is 36.5 Å². The van der Waals surface area contributed by atoms with Gasteiger partial charge in [-0.15, -0.1) is 0 Å². The Bertz CT molecular complexity index is 839. The minimum Gasteiger partial charge on any atom is -0.493 e. The van der Waals surface area contributed by atoms with Gasteiger partial charge < -0.3 is 24.6 Å². The van der Waals surface area contributed by atoms with E-state index >= 15 is 0 Å². The largest absolute Gasteiger partial charge is 0.493 e. The van der Waals surface area contributed by atoms with Gasteiger partial charge >= 0.3 is 0 Å². The van der Waals surface area contributed by atoms with Crippen LogP contribution in [0.25, 0.3) is 0 Å². The van der Waals surface area contributed by atoms with E-state index in [1.165, 1.54) is 0 Å². The highest BCUT2D eigenvalue weighted by molar-refractivity contribution is 6.04. The number of nitrogens with one attached hydrogen (secondary N) is 1. The second kappa shape index (κ2) is 10.3. The van der Waals surface area contributed by atoms with Crippen molar-refractivity contribution in [2.24, 2.45) is 5.92 Å². The Kier molecular flexibility index (Phi) is 7.52. The third-order valence-corrected chi connectivity index (χ3v) is 5.19. The molecule has 1 fully saturated rings. The van der Waals surface area contributed by atoms with Crippen molar-refractivity contribution in [3.8, 4) is 11.5 Å². The zero-order chi connectivity index (χ0) is 21.5. The van der Waals surface area contributed by atoms with E-state index in [2.05, 4.69) is 33.9 Å². The molecule has 1 aromatic carbocycles. The molecule has 1 aromatic heterocycles. The summed E-state index contributed by atoms with van der Waals surface area (Å²) in [7, 11) is 3.12. The molecule has 1 saturated heterocycles. The number of carbonyl (C=O) groups excluding carboxylic acids is 1. The van der Waals surface area contributed by atoms with Crippen molar-refractivity contribution in [1.29, 1.82) is 0 Å². The molecule has 1 aliphatic rings. The number of hydrogen-bond acceptors (Lipinski definition) is 6. The average Bonchev–Trinajstić information content (AvgIpc) is 2.98. The molecule has 2 aromatic rings. The van der Waals surface area contributed by atoms with Gasteiger partial charge in [0.1, 0.15) is 5.82 Å². The number of carbonyl (C=O) groups is 1. The van der Waals surface area contributed by atoms with Gasteiger partial charge in [0, 0.05) is 31.7 Å². The Morgan fingerprint density at radius 1 is 1.07 bits per heavy atom. The highest BCUT2D eigenvalue weighted by atomic mass is 16.5. The lowest BCUT2D eigenvalue weighted by Gasteiger charge is -2.23. The molecule has 0 spiro atoms. The van der Waals surface area contributed by atoms with Crippen molar-refractivity contribution in [3.05, 3.63) is 42.1 Å². The van der Waals surface area contributed by atoms with Gasteiger partial charge in [-0.1, -0.05) is 13.8 Å². The Morgan fingerprint density at radius 3 is 2.53 bits per heavy atom. The Balaban J connectivity index is 1.61. The van der Waals surface area contributed by atoms with Gasteiger partial charge in [-0.05, 0) is 49.2 Å². The number of pyridine rings is 1. The van der Waals surface area contributed by atoms with Crippen molar-refractivity contribution >= 4 is 17.4 Å². The summed E-state index contributed by atoms with van der Waals surface area (Å²) in [6.07, 6.45) is 2.84. The van der Waals surface area contributed by atoms with Crippen LogP contribution < -0.4 is 19.7 Å². The van der Waals surface area contributed by atoms with Crippen molar-refractivity contribution in [1.82, 2.24) is 9.88 Å². The second-order valence-electron chi connectivity index (χ2n) is 7.96. The first-order valence-electron chi connectivity index (χ1n) is 10.5. The summed E-state index contributed by atoms with van der Waals surface area (Å²) < 4.78 is 10.5. The highest BCUT2D eigenvalue weighted by Crippen LogP contribution is 2.28. The summed E-state index contributed by atoms with van der Waals surface area (Å²) in [6, 6.07) is 8.96. The number of aromatic nitrogens is 1. The highest BCUT2D eigenvalue weighted by Gasteiger charge is 2.17. The van der Waals surface area contributed by atoms with Crippen LogP contribution in [0.4, 0.5) is 11.5 Å². The maximum absolute atomic E-state index is 12.6. The minimum atomic E-state index is -0.218. The summed E-state index contributed by atoms with van der Waals surface area (Å²) >= 11 is 0. The number of methoxy groups -OCH3 is 2. The van der Waals surface area contributed by atoms with Crippen LogP contribution in [-0.2, 0) is 0 Å². The molecule has 1 amide bonds. The molecule has 2 heterocycles. The minimum absolute atomic E-state index is 0.218. The number of anilines is 2. The van der Waals surface area contributed by atoms with Crippen LogP contribution in [0.1, 0.15) is 30.6 Å². The molecule has 7 nitrogen and oxygen atoms in total. The Morgan fingerprint density at radius 2 is 1.87 bits per heavy atom. The first-order chi connectivity index (χ1) is 14.5. The van der Waals surface area contributed by atoms with Crippen molar-refractivity contribution in [2.75, 3.05) is 57.2 Å². The van der Waals surface area contributed by atoms with E-state index in [-0.39, 0.29) is 5.91 Å². The number of hydrogen-bond donors (Lipinski definition) is 1. The lowest BCUT2D eigenvalue weighted by molar-refractivity contribution is 0.102. The van der Waals surface area contributed by atoms with Crippen molar-refractivity contribution < 1.29 is 14.3 Å². The summed E-state index contributed by atoms with van der Waals surface area (Å²) in [4.78, 5) is 22.0. The SMILES string of the molecule is COc1ccc(C(=O)Nc2ccc(N3CCCN(CC(C)C)CC3)nc2)cc1OC. The zero-order valence-electron chi connectivity index (χ0n) is 18.4. The molecule has 0 aliphatic carbocycles. The van der Waals surface area contributed by atoms with Crippen LogP contribution >= 0.6 is 0 Å². The summed E-state index contributed by atoms with van der Waals surface area (Å²) in [6.45, 7) is 9.82. The predicted octanol–water partition coefficient (Wildman–Crippen LogP) is 3.52. The maximum atomic E-state index is 12.6. The van der Waals surface area contributed by atoms with Crippen LogP contribution in [-0.4, -0.2) is 62.7 Å². The van der Waals surface area contributed by atoms with E-state index in [0.29, 0.717) is 28.7 Å². The third kappa shape index (κ3) is 5.63. The van der Waals surface area contributed by atoms with E-state index in [1.807, 2.05) is 12.1 Å². The smallest absolute Gasteiger partial charge is 0.255 e. The molecule has 0 bridgehead atoms. The monoisotopic (exact) mass is 412 g/mol. The Hall–Kier alpha value is -2.80. The van der Waals surface area contributed by atoms with Gasteiger partial charge in [0.05, 0.1) is 26.1 Å². The van der Waals surface area contributed by atoms with Gasteiger partial charge in [0.15, 0.2) is 11.5 Å². The number of benzene rings is 1. The molecular weight excluding hydrogens is 380 g/mol. The fourth-order valence-electron chi connectivity index (χ4n) is 3.73. The second-order valence-corrected chi connectivity index (χ2v) is 7.96. The fourth-order valence-corrected chi connectivity index (χ4v) is 3.73. The molecule has 1 N–H and O–H groups in total. The van der Waals surface area contributed by atoms with Crippen LogP contribution in [0.2, 0.25) is 0 Å². The Labute approximate surface area is 179 Å². The van der Waals surface area contributed by atoms with E-state index in [1.54, 1.807) is 38.6 Å². The number of amides is 1. The van der Waals surface area contributed by atoms with Crippen LogP contribution in [0.5, 0.6) is 11.5 Å². The summed E-state index contributed by atoms with van der Waals surface area (Å²) in [5.74, 6) is 2.52. The lowest BCUT2D eigenvalue weighted by Crippen LogP contribution is -2.33. The van der Waals surface area contributed by atoms with Crippen molar-refractivity contribution in [3.63, 3.8) is 0 Å². The molecule has 3 rings (SSSR count). The van der Waals surface area contributed by atoms with Gasteiger partial charge in [-0.25, -0.2) is 4.98 Å². The van der Waals surface area contributed by atoms with Gasteiger partial charge in [-0.2, -0.15) is 0 Å². The number of rotatable bonds is 7. The lowest BCUT2D eigenvalue weighted by atomic mass is 10.2. The topological polar surface area (TPSA) is 66.9 Å². The summed E-state index contributed by atoms with van der Waals surface area (Å²) in [5, 5.41) is 2.89. The van der Waals surface area contributed by atoms with E-state index < -0.39 is 0 Å². The molecule has 7 heteroatoms. The van der Waals surface area contributed by atoms with E-state index in [0.717, 1.165) is 45.0 Å². The van der Waals surface area contributed by atoms with Crippen LogP contribution in [0.3, 0.4) is 0 Å². The van der Waals surface area contributed by atoms with Crippen molar-refractivity contribution in [2.45, 2.75) is 20.3 Å². The quantitative estimate of drug-likeness (QED) is 0.751. The third-order valence-electron chi connectivity index (χ3n) is 5.19. The molecule has 1 aliphatic heterocycles. The van der Waals surface area contributed by atoms with Gasteiger partial charge in [0.2, 0.25) is 0 Å². The molecule has 0 radical (unpaired) electrons. The number of nitrogens with zero attached hydrogens (tertiary/aromatic N) is 3. The molecular formula is C23H32N4O3. The molecule has 162 valence electrons. The summed E-state index contributed by atoms with van der Waals surface area (Å²) in [5.41, 5.74) is 1.16. The van der Waals surface area contributed by atoms with E-state index in [9.17, 15) is 4.79 Å². The maximum Gasteiger partial charge on any atom is 0.255 e. The normalized spacial score (nSPS) is 15.0. The number of ether oxygens (including phenoxy) is 2. The first kappa shape index (κ1) is 21.9. The van der Waals surface area contributed by atoms with E-state index in [4.69, 9.17) is 9.47 Å². The zero-order valence-corrected chi connectivity index (χ0v) is 18.4. The van der Waals surface area contributed by atoms with Gasteiger partial charge in [-0.3, -0.25) is 4.79 Å². The van der Waals surface area contributed by atoms with Gasteiger partial charge in [0.25, 0.3) is 5.91 Å². The molecule has 30 heavy (non-hydrogen) atoms. The molecule has 0 unspecified atom stereocenters. The first-order valence-corrected chi connectivity index (χ1v) is 10.5. The average molecular weight is 413 g/mol. The fraction of sp³-hybridized carbons (Fsp3) is 0.478. The standard InChI is InChI=1S/C23H32N4O3/c1-17(2)16-26-10-5-11-27(13-12-26)22-9-7-19(15-24-22)25-23(28)18-6-8-20(29-3)21(14-18)30-4/h6-9,14-15,17H,5,10-13,16H2,1-4H3,(H,25,28). The predicted molar refractivity (Wildman–Crippen MR) is 120 cm³/mol.